The van der Waals surface area contributed by atoms with E-state index in [1.54, 1.807) is 27.2 Å². The molecule has 1 atom stereocenters. The molecule has 0 fully saturated rings. The fraction of sp³-hybridized carbons (Fsp3) is 0.353. The highest BCUT2D eigenvalue weighted by molar-refractivity contribution is 5.95. The van der Waals surface area contributed by atoms with Crippen LogP contribution >= 0.6 is 0 Å². The molecule has 1 heterocycles. The van der Waals surface area contributed by atoms with E-state index < -0.39 is 17.9 Å². The quantitative estimate of drug-likeness (QED) is 0.845. The maximum atomic E-state index is 12.2. The zero-order chi connectivity index (χ0) is 17.9. The van der Waals surface area contributed by atoms with Crippen molar-refractivity contribution >= 4 is 11.9 Å². The first-order valence-corrected chi connectivity index (χ1v) is 7.58. The lowest BCUT2D eigenvalue weighted by Crippen LogP contribution is -2.44. The van der Waals surface area contributed by atoms with Gasteiger partial charge in [0.05, 0.1) is 7.11 Å². The molecule has 2 rings (SSSR count). The van der Waals surface area contributed by atoms with E-state index in [4.69, 9.17) is 9.84 Å². The highest BCUT2D eigenvalue weighted by Gasteiger charge is 2.25. The highest BCUT2D eigenvalue weighted by Crippen LogP contribution is 2.23. The second kappa shape index (κ2) is 7.16. The number of aliphatic carboxylic acids is 1. The molecule has 1 aromatic heterocycles. The number of ether oxygens (including phenoxy) is 1. The second-order valence-electron chi connectivity index (χ2n) is 5.85. The molecule has 0 bridgehead atoms. The minimum absolute atomic E-state index is 0.144. The minimum Gasteiger partial charge on any atom is -0.494 e. The number of hydrogen-bond donors (Lipinski definition) is 2. The fourth-order valence-electron chi connectivity index (χ4n) is 2.29. The van der Waals surface area contributed by atoms with Crippen LogP contribution in [0.3, 0.4) is 0 Å². The van der Waals surface area contributed by atoms with Gasteiger partial charge in [-0.3, -0.25) is 4.79 Å². The topological polar surface area (TPSA) is 93.5 Å². The van der Waals surface area contributed by atoms with Crippen molar-refractivity contribution in [2.75, 3.05) is 7.11 Å². The predicted octanol–water partition coefficient (Wildman–Crippen LogP) is 2.03. The Hall–Kier alpha value is -2.83. The maximum Gasteiger partial charge on any atom is 0.326 e. The normalized spacial score (nSPS) is 12.0. The van der Waals surface area contributed by atoms with Crippen molar-refractivity contribution in [3.05, 3.63) is 41.7 Å². The maximum absolute atomic E-state index is 12.2. The Kier molecular flexibility index (Phi) is 5.23. The molecule has 2 N–H and O–H groups in total. The lowest BCUT2D eigenvalue weighted by atomic mass is 10.0. The van der Waals surface area contributed by atoms with Gasteiger partial charge in [-0.05, 0) is 36.6 Å². The second-order valence-corrected chi connectivity index (χ2v) is 5.85. The summed E-state index contributed by atoms with van der Waals surface area (Å²) in [6.45, 7) is 5.41. The minimum atomic E-state index is -1.07. The van der Waals surface area contributed by atoms with Crippen LogP contribution in [-0.2, 0) is 4.79 Å². The van der Waals surface area contributed by atoms with E-state index in [0.717, 1.165) is 5.56 Å². The van der Waals surface area contributed by atoms with Crippen LogP contribution in [0.1, 0.15) is 29.9 Å². The molecule has 1 aromatic carbocycles. The van der Waals surface area contributed by atoms with Gasteiger partial charge in [0.1, 0.15) is 17.5 Å². The molecule has 0 radical (unpaired) electrons. The molecule has 128 valence electrons. The molecule has 1 unspecified atom stereocenters. The van der Waals surface area contributed by atoms with E-state index in [0.29, 0.717) is 11.4 Å². The third-order valence-corrected chi connectivity index (χ3v) is 3.62. The number of nitrogens with zero attached hydrogens (tertiary/aromatic N) is 2. The molecule has 7 nitrogen and oxygen atoms in total. The Morgan fingerprint density at radius 2 is 2.00 bits per heavy atom. The van der Waals surface area contributed by atoms with Crippen molar-refractivity contribution in [2.45, 2.75) is 26.8 Å². The fourth-order valence-corrected chi connectivity index (χ4v) is 2.29. The lowest BCUT2D eigenvalue weighted by Gasteiger charge is -2.17. The summed E-state index contributed by atoms with van der Waals surface area (Å²) in [6, 6.07) is 6.21. The number of rotatable bonds is 6. The van der Waals surface area contributed by atoms with Crippen LogP contribution in [-0.4, -0.2) is 39.9 Å². The van der Waals surface area contributed by atoms with Crippen LogP contribution in [0.25, 0.3) is 5.69 Å². The summed E-state index contributed by atoms with van der Waals surface area (Å²) in [5.41, 5.74) is 1.87. The zero-order valence-electron chi connectivity index (χ0n) is 14.1. The van der Waals surface area contributed by atoms with E-state index in [9.17, 15) is 9.59 Å². The van der Waals surface area contributed by atoms with E-state index in [1.807, 2.05) is 25.1 Å². The number of aryl methyl sites for hydroxylation is 1. The summed E-state index contributed by atoms with van der Waals surface area (Å²) < 4.78 is 6.85. The van der Waals surface area contributed by atoms with E-state index in [-0.39, 0.29) is 11.6 Å². The van der Waals surface area contributed by atoms with Crippen molar-refractivity contribution in [1.82, 2.24) is 15.1 Å². The average molecular weight is 331 g/mol. The molecule has 0 saturated heterocycles. The molecule has 0 saturated carbocycles. The SMILES string of the molecule is COc1ccc(C)cc1-n1ccc(C(=O)NC(C(=O)O)C(C)C)n1. The number of carbonyl (C=O) groups excluding carboxylic acids is 1. The van der Waals surface area contributed by atoms with Gasteiger partial charge in [0.15, 0.2) is 5.69 Å². The summed E-state index contributed by atoms with van der Waals surface area (Å²) in [4.78, 5) is 23.4. The number of nitrogens with one attached hydrogen (secondary N) is 1. The summed E-state index contributed by atoms with van der Waals surface area (Å²) in [5.74, 6) is -1.20. The Balaban J connectivity index is 2.26. The number of carbonyl (C=O) groups is 2. The third-order valence-electron chi connectivity index (χ3n) is 3.62. The summed E-state index contributed by atoms with van der Waals surface area (Å²) in [5, 5.41) is 15.9. The van der Waals surface area contributed by atoms with Crippen molar-refractivity contribution < 1.29 is 19.4 Å². The first-order chi connectivity index (χ1) is 11.3. The van der Waals surface area contributed by atoms with Gasteiger partial charge in [0, 0.05) is 6.20 Å². The van der Waals surface area contributed by atoms with Crippen molar-refractivity contribution in [2.24, 2.45) is 5.92 Å². The summed E-state index contributed by atoms with van der Waals surface area (Å²) >= 11 is 0. The van der Waals surface area contributed by atoms with Crippen LogP contribution < -0.4 is 10.1 Å². The smallest absolute Gasteiger partial charge is 0.326 e. The van der Waals surface area contributed by atoms with Gasteiger partial charge in [-0.1, -0.05) is 19.9 Å². The molecule has 0 aliphatic heterocycles. The van der Waals surface area contributed by atoms with Gasteiger partial charge in [-0.15, -0.1) is 0 Å². The summed E-state index contributed by atoms with van der Waals surface area (Å²) in [7, 11) is 1.56. The van der Waals surface area contributed by atoms with E-state index in [1.165, 1.54) is 10.7 Å². The molecule has 1 amide bonds. The summed E-state index contributed by atoms with van der Waals surface area (Å²) in [6.07, 6.45) is 1.64. The highest BCUT2D eigenvalue weighted by atomic mass is 16.5. The van der Waals surface area contributed by atoms with Gasteiger partial charge in [0.25, 0.3) is 5.91 Å². The van der Waals surface area contributed by atoms with Gasteiger partial charge in [-0.2, -0.15) is 5.10 Å². The molecule has 0 aliphatic rings. The molecule has 0 aliphatic carbocycles. The number of hydrogen-bond acceptors (Lipinski definition) is 4. The number of carboxylic acids is 1. The predicted molar refractivity (Wildman–Crippen MR) is 88.6 cm³/mol. The molecule has 24 heavy (non-hydrogen) atoms. The Morgan fingerprint density at radius 3 is 2.58 bits per heavy atom. The number of methoxy groups -OCH3 is 1. The van der Waals surface area contributed by atoms with Crippen molar-refractivity contribution in [1.29, 1.82) is 0 Å². The van der Waals surface area contributed by atoms with Gasteiger partial charge >= 0.3 is 5.97 Å². The van der Waals surface area contributed by atoms with Crippen molar-refractivity contribution in [3.63, 3.8) is 0 Å². The van der Waals surface area contributed by atoms with Gasteiger partial charge < -0.3 is 15.2 Å². The molecule has 0 spiro atoms. The van der Waals surface area contributed by atoms with E-state index in [2.05, 4.69) is 10.4 Å². The molecule has 7 heteroatoms. The third kappa shape index (κ3) is 3.73. The number of aromatic nitrogens is 2. The first-order valence-electron chi connectivity index (χ1n) is 7.58. The van der Waals surface area contributed by atoms with Crippen molar-refractivity contribution in [3.8, 4) is 11.4 Å². The monoisotopic (exact) mass is 331 g/mol. The number of benzene rings is 1. The number of amides is 1. The first kappa shape index (κ1) is 17.5. The Bertz CT molecular complexity index is 752. The Morgan fingerprint density at radius 1 is 1.29 bits per heavy atom. The van der Waals surface area contributed by atoms with Crippen LogP contribution in [0.4, 0.5) is 0 Å². The molecular formula is C17H21N3O4. The van der Waals surface area contributed by atoms with Crippen LogP contribution in [0.15, 0.2) is 30.5 Å². The van der Waals surface area contributed by atoms with Gasteiger partial charge in [-0.25, -0.2) is 9.48 Å². The van der Waals surface area contributed by atoms with Gasteiger partial charge in [0.2, 0.25) is 0 Å². The standard InChI is InChI=1S/C17H21N3O4/c1-10(2)15(17(22)23)18-16(21)12-7-8-20(19-12)13-9-11(3)5-6-14(13)24-4/h5-10,15H,1-4H3,(H,18,21)(H,22,23). The Labute approximate surface area is 140 Å². The largest absolute Gasteiger partial charge is 0.494 e. The van der Waals surface area contributed by atoms with Crippen LogP contribution in [0.5, 0.6) is 5.75 Å². The van der Waals surface area contributed by atoms with Crippen LogP contribution in [0, 0.1) is 12.8 Å². The zero-order valence-corrected chi connectivity index (χ0v) is 14.1. The van der Waals surface area contributed by atoms with Crippen LogP contribution in [0.2, 0.25) is 0 Å². The molecule has 2 aromatic rings. The molecular weight excluding hydrogens is 310 g/mol. The number of carboxylic acid groups (broad SMARTS) is 1. The lowest BCUT2D eigenvalue weighted by molar-refractivity contribution is -0.140. The van der Waals surface area contributed by atoms with E-state index >= 15 is 0 Å². The average Bonchev–Trinajstić information content (AvgIpc) is 3.01.